The number of piperidine rings is 1. The van der Waals surface area contributed by atoms with Gasteiger partial charge in [0.2, 0.25) is 11.7 Å². The predicted octanol–water partition coefficient (Wildman–Crippen LogP) is 4.23. The fourth-order valence-electron chi connectivity index (χ4n) is 6.87. The molecule has 0 radical (unpaired) electrons. The van der Waals surface area contributed by atoms with Crippen molar-refractivity contribution in [3.8, 4) is 0 Å². The Bertz CT molecular complexity index is 1080. The highest BCUT2D eigenvalue weighted by Gasteiger charge is 2.69. The number of ketones is 4. The van der Waals surface area contributed by atoms with Gasteiger partial charge in [-0.2, -0.15) is 0 Å². The van der Waals surface area contributed by atoms with Crippen LogP contribution in [0, 0.1) is 40.4 Å². The number of carbonyl (C=O) groups excluding carboxylic acids is 6. The SMILES string of the molecule is C=C(C)C(=O)CC[C@H](CC(=O)CC(C)(C)C)C(=O)N1CC2[C@@H]([C@H]1C(=O)CC(CC1CCC1)C(=O)C(N)=O)C2(C)C. The average Bonchev–Trinajstić information content (AvgIpc) is 3.14. The largest absolute Gasteiger partial charge is 0.363 e. The van der Waals surface area contributed by atoms with Crippen LogP contribution < -0.4 is 5.73 Å². The minimum absolute atomic E-state index is 0.0141. The fraction of sp³-hybridized carbons (Fsp3) is 0.750. The van der Waals surface area contributed by atoms with Crippen LogP contribution in [-0.2, 0) is 28.8 Å². The van der Waals surface area contributed by atoms with E-state index in [1.54, 1.807) is 11.8 Å². The third kappa shape index (κ3) is 7.35. The smallest absolute Gasteiger partial charge is 0.285 e. The summed E-state index contributed by atoms with van der Waals surface area (Å²) in [5, 5.41) is 0. The van der Waals surface area contributed by atoms with Crippen LogP contribution in [0.5, 0.6) is 0 Å². The van der Waals surface area contributed by atoms with Crippen LogP contribution in [0.3, 0.4) is 0 Å². The van der Waals surface area contributed by atoms with Gasteiger partial charge in [0.05, 0.1) is 6.04 Å². The Morgan fingerprint density at radius 3 is 2.15 bits per heavy atom. The van der Waals surface area contributed by atoms with Crippen molar-refractivity contribution < 1.29 is 28.8 Å². The van der Waals surface area contributed by atoms with Gasteiger partial charge in [-0.1, -0.05) is 60.5 Å². The van der Waals surface area contributed by atoms with Crippen molar-refractivity contribution in [1.82, 2.24) is 4.90 Å². The average molecular weight is 557 g/mol. The Morgan fingerprint density at radius 1 is 1.02 bits per heavy atom. The van der Waals surface area contributed by atoms with E-state index in [2.05, 4.69) is 20.4 Å². The first kappa shape index (κ1) is 31.9. The quantitative estimate of drug-likeness (QED) is 0.237. The van der Waals surface area contributed by atoms with Gasteiger partial charge in [-0.05, 0) is 53.9 Å². The van der Waals surface area contributed by atoms with E-state index in [0.29, 0.717) is 30.9 Å². The van der Waals surface area contributed by atoms with Crippen LogP contribution in [0.15, 0.2) is 12.2 Å². The van der Waals surface area contributed by atoms with Crippen LogP contribution in [0.2, 0.25) is 0 Å². The van der Waals surface area contributed by atoms with Gasteiger partial charge in [0, 0.05) is 44.1 Å². The molecule has 2 unspecified atom stereocenters. The number of allylic oxidation sites excluding steroid dienone is 1. The van der Waals surface area contributed by atoms with E-state index in [0.717, 1.165) is 19.3 Å². The van der Waals surface area contributed by atoms with E-state index in [1.165, 1.54) is 0 Å². The number of rotatable bonds is 15. The highest BCUT2D eigenvalue weighted by atomic mass is 16.2. The summed E-state index contributed by atoms with van der Waals surface area (Å²) in [5.41, 5.74) is 5.38. The van der Waals surface area contributed by atoms with Gasteiger partial charge in [0.15, 0.2) is 11.6 Å². The van der Waals surface area contributed by atoms with E-state index in [1.807, 2.05) is 20.8 Å². The summed E-state index contributed by atoms with van der Waals surface area (Å²) in [6.45, 7) is 15.8. The minimum Gasteiger partial charge on any atom is -0.363 e. The maximum atomic E-state index is 14.0. The standard InChI is InChI=1S/C32H48N2O6/c1-18(2)24(36)12-11-20(14-22(35)16-31(3,4)5)30(40)34-17-23-26(32(23,6)7)27(34)25(37)15-21(28(38)29(33)39)13-19-9-8-10-19/h19-21,23,26-27H,1,8-17H2,2-7H3,(H2,33,39)/t20-,21?,23?,26+,27-/m1/s1. The summed E-state index contributed by atoms with van der Waals surface area (Å²) in [6, 6.07) is -0.714. The molecular weight excluding hydrogens is 508 g/mol. The molecule has 2 N–H and O–H groups in total. The third-order valence-electron chi connectivity index (χ3n) is 9.47. The fourth-order valence-corrected chi connectivity index (χ4v) is 6.87. The van der Waals surface area contributed by atoms with Gasteiger partial charge < -0.3 is 10.6 Å². The maximum absolute atomic E-state index is 14.0. The minimum atomic E-state index is -1.03. The summed E-state index contributed by atoms with van der Waals surface area (Å²) < 4.78 is 0. The third-order valence-corrected chi connectivity index (χ3v) is 9.47. The molecule has 0 aromatic carbocycles. The van der Waals surface area contributed by atoms with Crippen LogP contribution >= 0.6 is 0 Å². The molecule has 1 saturated heterocycles. The van der Waals surface area contributed by atoms with E-state index < -0.39 is 29.6 Å². The first-order valence-electron chi connectivity index (χ1n) is 14.8. The predicted molar refractivity (Wildman–Crippen MR) is 152 cm³/mol. The Morgan fingerprint density at radius 2 is 1.65 bits per heavy atom. The van der Waals surface area contributed by atoms with E-state index in [4.69, 9.17) is 5.73 Å². The summed E-state index contributed by atoms with van der Waals surface area (Å²) in [7, 11) is 0. The molecule has 1 heterocycles. The zero-order valence-electron chi connectivity index (χ0n) is 25.2. The number of fused-ring (bicyclic) bond motifs is 1. The Kier molecular flexibility index (Phi) is 9.62. The number of hydrogen-bond acceptors (Lipinski definition) is 6. The van der Waals surface area contributed by atoms with Gasteiger partial charge >= 0.3 is 0 Å². The number of Topliss-reactive ketones (excluding diaryl/α,β-unsaturated/α-hetero) is 4. The summed E-state index contributed by atoms with van der Waals surface area (Å²) in [5.74, 6) is -3.53. The van der Waals surface area contributed by atoms with Gasteiger partial charge in [-0.25, -0.2) is 0 Å². The van der Waals surface area contributed by atoms with Gasteiger partial charge in [0.1, 0.15) is 5.78 Å². The molecule has 1 aliphatic heterocycles. The van der Waals surface area contributed by atoms with Crippen LogP contribution in [0.4, 0.5) is 0 Å². The highest BCUT2D eigenvalue weighted by molar-refractivity contribution is 6.36. The molecule has 2 amide bonds. The molecule has 3 fully saturated rings. The van der Waals surface area contributed by atoms with Crippen molar-refractivity contribution in [3.05, 3.63) is 12.2 Å². The van der Waals surface area contributed by atoms with Crippen molar-refractivity contribution in [2.45, 2.75) is 105 Å². The van der Waals surface area contributed by atoms with Gasteiger partial charge in [-0.15, -0.1) is 0 Å². The van der Waals surface area contributed by atoms with Crippen LogP contribution in [0.1, 0.15) is 99.3 Å². The first-order valence-corrected chi connectivity index (χ1v) is 14.8. The highest BCUT2D eigenvalue weighted by Crippen LogP contribution is 2.65. The molecule has 8 heteroatoms. The van der Waals surface area contributed by atoms with Crippen LogP contribution in [0.25, 0.3) is 0 Å². The van der Waals surface area contributed by atoms with E-state index >= 15 is 0 Å². The van der Waals surface area contributed by atoms with Crippen molar-refractivity contribution in [2.24, 2.45) is 46.2 Å². The first-order chi connectivity index (χ1) is 18.4. The molecule has 0 bridgehead atoms. The molecule has 0 aromatic rings. The molecular formula is C32H48N2O6. The zero-order valence-corrected chi connectivity index (χ0v) is 25.2. The van der Waals surface area contributed by atoms with Crippen molar-refractivity contribution >= 4 is 34.9 Å². The van der Waals surface area contributed by atoms with Crippen LogP contribution in [-0.4, -0.2) is 52.4 Å². The molecule has 2 saturated carbocycles. The number of nitrogens with two attached hydrogens (primary N) is 1. The monoisotopic (exact) mass is 556 g/mol. The second-order valence-corrected chi connectivity index (χ2v) is 14.4. The second kappa shape index (κ2) is 12.1. The lowest BCUT2D eigenvalue weighted by atomic mass is 9.76. The molecule has 0 aromatic heterocycles. The van der Waals surface area contributed by atoms with Crippen molar-refractivity contribution in [1.29, 1.82) is 0 Å². The molecule has 5 atom stereocenters. The number of hydrogen-bond donors (Lipinski definition) is 1. The Labute approximate surface area is 238 Å². The molecule has 0 spiro atoms. The second-order valence-electron chi connectivity index (χ2n) is 14.4. The maximum Gasteiger partial charge on any atom is 0.285 e. The summed E-state index contributed by atoms with van der Waals surface area (Å²) in [4.78, 5) is 79.3. The molecule has 3 rings (SSSR count). The van der Waals surface area contributed by atoms with E-state index in [-0.39, 0.29) is 71.6 Å². The molecule has 222 valence electrons. The molecule has 2 aliphatic carbocycles. The summed E-state index contributed by atoms with van der Waals surface area (Å²) >= 11 is 0. The molecule has 8 nitrogen and oxygen atoms in total. The van der Waals surface area contributed by atoms with Gasteiger partial charge in [-0.3, -0.25) is 28.8 Å². The van der Waals surface area contributed by atoms with Crippen molar-refractivity contribution in [3.63, 3.8) is 0 Å². The lowest BCUT2D eigenvalue weighted by Gasteiger charge is -2.34. The number of carbonyl (C=O) groups is 6. The van der Waals surface area contributed by atoms with Gasteiger partial charge in [0.25, 0.3) is 5.91 Å². The number of amides is 2. The molecule has 3 aliphatic rings. The topological polar surface area (TPSA) is 132 Å². The van der Waals surface area contributed by atoms with E-state index in [9.17, 15) is 28.8 Å². The lowest BCUT2D eigenvalue weighted by Crippen LogP contribution is -2.49. The normalized spacial score (nSPS) is 24.9. The lowest BCUT2D eigenvalue weighted by molar-refractivity contribution is -0.146. The summed E-state index contributed by atoms with van der Waals surface area (Å²) in [6.07, 6.45) is 3.99. The number of likely N-dealkylation sites (tertiary alicyclic amines) is 1. The molecule has 40 heavy (non-hydrogen) atoms. The zero-order chi connectivity index (χ0) is 30.2. The Balaban J connectivity index is 1.83. The Hall–Kier alpha value is -2.64. The number of nitrogens with zero attached hydrogens (tertiary/aromatic N) is 1. The van der Waals surface area contributed by atoms with Crippen molar-refractivity contribution in [2.75, 3.05) is 6.54 Å². The number of primary amides is 1.